The summed E-state index contributed by atoms with van der Waals surface area (Å²) in [5.41, 5.74) is 1.43. The first-order chi connectivity index (χ1) is 8.88. The first-order valence-corrected chi connectivity index (χ1v) is 6.03. The minimum atomic E-state index is 0.443. The van der Waals surface area contributed by atoms with Crippen LogP contribution >= 0.6 is 11.6 Å². The molecular formula is C15H13ClO2. The number of rotatable bonds is 5. The number of hydrogen-bond donors (Lipinski definition) is 0. The lowest BCUT2D eigenvalue weighted by Gasteiger charge is -2.07. The number of halogens is 1. The average Bonchev–Trinajstić information content (AvgIpc) is 2.41. The molecular weight excluding hydrogens is 248 g/mol. The van der Waals surface area contributed by atoms with Crippen LogP contribution in [-0.4, -0.2) is 6.61 Å². The molecule has 0 aliphatic carbocycles. The topological polar surface area (TPSA) is 18.5 Å². The van der Waals surface area contributed by atoms with Crippen molar-refractivity contribution in [3.8, 4) is 17.2 Å². The maximum absolute atomic E-state index is 5.70. The second kappa shape index (κ2) is 6.72. The highest BCUT2D eigenvalue weighted by Gasteiger charge is 1.98. The van der Waals surface area contributed by atoms with Crippen molar-refractivity contribution in [1.82, 2.24) is 0 Å². The third-order valence-corrected chi connectivity index (χ3v) is 2.40. The molecule has 0 unspecified atom stereocenters. The van der Waals surface area contributed by atoms with E-state index in [2.05, 4.69) is 0 Å². The summed E-state index contributed by atoms with van der Waals surface area (Å²) in [6.45, 7) is 0.443. The van der Waals surface area contributed by atoms with Crippen molar-refractivity contribution in [3.05, 3.63) is 66.2 Å². The van der Waals surface area contributed by atoms with Gasteiger partial charge in [-0.15, -0.1) is 0 Å². The van der Waals surface area contributed by atoms with Crippen molar-refractivity contribution in [1.29, 1.82) is 0 Å². The van der Waals surface area contributed by atoms with Crippen molar-refractivity contribution in [3.63, 3.8) is 0 Å². The fraction of sp³-hybridized carbons (Fsp3) is 0.0667. The molecule has 0 amide bonds. The maximum atomic E-state index is 5.70. The van der Waals surface area contributed by atoms with Gasteiger partial charge >= 0.3 is 0 Å². The van der Waals surface area contributed by atoms with Gasteiger partial charge in [-0.1, -0.05) is 35.9 Å². The molecule has 2 rings (SSSR count). The van der Waals surface area contributed by atoms with Crippen molar-refractivity contribution >= 4 is 11.6 Å². The number of para-hydroxylation sites is 1. The van der Waals surface area contributed by atoms with Crippen LogP contribution in [0.15, 0.2) is 66.2 Å². The minimum absolute atomic E-state index is 0.443. The van der Waals surface area contributed by atoms with Gasteiger partial charge in [0.25, 0.3) is 0 Å². The van der Waals surface area contributed by atoms with E-state index in [0.29, 0.717) is 6.61 Å². The molecule has 0 aliphatic heterocycles. The fourth-order valence-electron chi connectivity index (χ4n) is 1.43. The Morgan fingerprint density at radius 3 is 2.39 bits per heavy atom. The van der Waals surface area contributed by atoms with Crippen LogP contribution < -0.4 is 9.47 Å². The first kappa shape index (κ1) is 12.5. The van der Waals surface area contributed by atoms with E-state index in [9.17, 15) is 0 Å². The van der Waals surface area contributed by atoms with E-state index in [1.165, 1.54) is 5.54 Å². The fourth-order valence-corrected chi connectivity index (χ4v) is 1.51. The summed E-state index contributed by atoms with van der Waals surface area (Å²) in [6, 6.07) is 17.1. The number of benzene rings is 2. The Hall–Kier alpha value is -1.93. The van der Waals surface area contributed by atoms with Gasteiger partial charge in [-0.2, -0.15) is 0 Å². The molecule has 0 bridgehead atoms. The molecule has 92 valence electrons. The zero-order valence-corrected chi connectivity index (χ0v) is 10.5. The lowest BCUT2D eigenvalue weighted by molar-refractivity contribution is 0.360. The van der Waals surface area contributed by atoms with Crippen LogP contribution in [0.4, 0.5) is 0 Å². The first-order valence-electron chi connectivity index (χ1n) is 5.59. The number of hydrogen-bond acceptors (Lipinski definition) is 2. The van der Waals surface area contributed by atoms with Crippen LogP contribution in [0.25, 0.3) is 0 Å². The van der Waals surface area contributed by atoms with E-state index in [0.717, 1.165) is 17.2 Å². The van der Waals surface area contributed by atoms with Gasteiger partial charge in [0, 0.05) is 11.6 Å². The summed E-state index contributed by atoms with van der Waals surface area (Å²) < 4.78 is 11.2. The second-order valence-electron chi connectivity index (χ2n) is 3.56. The molecule has 2 nitrogen and oxygen atoms in total. The van der Waals surface area contributed by atoms with Crippen LogP contribution in [0.2, 0.25) is 0 Å². The largest absolute Gasteiger partial charge is 0.489 e. The van der Waals surface area contributed by atoms with E-state index in [-0.39, 0.29) is 0 Å². The molecule has 0 atom stereocenters. The monoisotopic (exact) mass is 260 g/mol. The highest BCUT2D eigenvalue weighted by atomic mass is 35.5. The van der Waals surface area contributed by atoms with Crippen molar-refractivity contribution in [2.75, 3.05) is 6.61 Å². The SMILES string of the molecule is ClC=CCOc1cccc(Oc2ccccc2)c1. The van der Waals surface area contributed by atoms with E-state index >= 15 is 0 Å². The molecule has 2 aromatic rings. The summed E-state index contributed by atoms with van der Waals surface area (Å²) in [7, 11) is 0. The molecule has 0 N–H and O–H groups in total. The zero-order valence-electron chi connectivity index (χ0n) is 9.75. The van der Waals surface area contributed by atoms with Gasteiger partial charge < -0.3 is 9.47 Å². The standard InChI is InChI=1S/C15H13ClO2/c16-10-5-11-17-14-8-4-9-15(12-14)18-13-6-2-1-3-7-13/h1-10,12H,11H2. The van der Waals surface area contributed by atoms with Crippen molar-refractivity contribution in [2.24, 2.45) is 0 Å². The minimum Gasteiger partial charge on any atom is -0.489 e. The number of ether oxygens (including phenoxy) is 2. The van der Waals surface area contributed by atoms with Gasteiger partial charge in [-0.05, 0) is 30.3 Å². The Morgan fingerprint density at radius 1 is 0.889 bits per heavy atom. The smallest absolute Gasteiger partial charge is 0.131 e. The molecule has 0 spiro atoms. The third kappa shape index (κ3) is 3.82. The summed E-state index contributed by atoms with van der Waals surface area (Å²) in [4.78, 5) is 0. The van der Waals surface area contributed by atoms with E-state index in [4.69, 9.17) is 21.1 Å². The van der Waals surface area contributed by atoms with Gasteiger partial charge in [0.2, 0.25) is 0 Å². The Kier molecular flexibility index (Phi) is 4.68. The molecule has 0 radical (unpaired) electrons. The Balaban J connectivity index is 2.03. The molecule has 0 fully saturated rings. The van der Waals surface area contributed by atoms with Crippen LogP contribution in [0.1, 0.15) is 0 Å². The predicted octanol–water partition coefficient (Wildman–Crippen LogP) is 4.61. The van der Waals surface area contributed by atoms with Crippen molar-refractivity contribution in [2.45, 2.75) is 0 Å². The molecule has 0 aliphatic rings. The molecule has 0 heterocycles. The zero-order chi connectivity index (χ0) is 12.6. The lowest BCUT2D eigenvalue weighted by atomic mass is 10.3. The molecule has 2 aromatic carbocycles. The quantitative estimate of drug-likeness (QED) is 0.782. The van der Waals surface area contributed by atoms with E-state index in [1.54, 1.807) is 6.08 Å². The van der Waals surface area contributed by atoms with Crippen LogP contribution in [0.5, 0.6) is 17.2 Å². The maximum Gasteiger partial charge on any atom is 0.131 e. The van der Waals surface area contributed by atoms with Crippen molar-refractivity contribution < 1.29 is 9.47 Å². The van der Waals surface area contributed by atoms with E-state index in [1.807, 2.05) is 54.6 Å². The summed E-state index contributed by atoms with van der Waals surface area (Å²) in [5.74, 6) is 2.29. The molecule has 0 saturated carbocycles. The average molecular weight is 261 g/mol. The molecule has 0 aromatic heterocycles. The molecule has 3 heteroatoms. The summed E-state index contributed by atoms with van der Waals surface area (Å²) >= 11 is 5.42. The van der Waals surface area contributed by atoms with Gasteiger partial charge in [0.05, 0.1) is 0 Å². The van der Waals surface area contributed by atoms with Gasteiger partial charge in [0.1, 0.15) is 23.9 Å². The Bertz CT molecular complexity index is 509. The summed E-state index contributed by atoms with van der Waals surface area (Å²) in [5, 5.41) is 0. The van der Waals surface area contributed by atoms with Crippen LogP contribution in [-0.2, 0) is 0 Å². The predicted molar refractivity (Wildman–Crippen MR) is 73.4 cm³/mol. The van der Waals surface area contributed by atoms with Crippen LogP contribution in [0.3, 0.4) is 0 Å². The van der Waals surface area contributed by atoms with Gasteiger partial charge in [0.15, 0.2) is 0 Å². The Labute approximate surface area is 111 Å². The highest BCUT2D eigenvalue weighted by Crippen LogP contribution is 2.24. The second-order valence-corrected chi connectivity index (χ2v) is 3.81. The van der Waals surface area contributed by atoms with Gasteiger partial charge in [-0.3, -0.25) is 0 Å². The third-order valence-electron chi connectivity index (χ3n) is 2.22. The molecule has 0 saturated heterocycles. The van der Waals surface area contributed by atoms with Gasteiger partial charge in [-0.25, -0.2) is 0 Å². The highest BCUT2D eigenvalue weighted by molar-refractivity contribution is 6.25. The summed E-state index contributed by atoms with van der Waals surface area (Å²) in [6.07, 6.45) is 1.73. The van der Waals surface area contributed by atoms with E-state index < -0.39 is 0 Å². The molecule has 18 heavy (non-hydrogen) atoms. The normalized spacial score (nSPS) is 10.5. The van der Waals surface area contributed by atoms with Crippen LogP contribution in [0, 0.1) is 0 Å². The Morgan fingerprint density at radius 2 is 1.61 bits per heavy atom. The lowest BCUT2D eigenvalue weighted by Crippen LogP contribution is -1.93.